The van der Waals surface area contributed by atoms with Crippen molar-refractivity contribution >= 4 is 23.5 Å². The predicted octanol–water partition coefficient (Wildman–Crippen LogP) is 2.72. The summed E-state index contributed by atoms with van der Waals surface area (Å²) in [6.07, 6.45) is 1.48. The first kappa shape index (κ1) is 13.9. The molecule has 1 amide bonds. The van der Waals surface area contributed by atoms with E-state index < -0.39 is 17.9 Å². The second-order valence-corrected chi connectivity index (χ2v) is 5.22. The number of amides is 1. The Labute approximate surface area is 117 Å². The Morgan fingerprint density at radius 1 is 1.42 bits per heavy atom. The topological polar surface area (TPSA) is 57.6 Å². The number of carboxylic acids is 1. The molecule has 4 nitrogen and oxygen atoms in total. The minimum atomic E-state index is -0.883. The monoisotopic (exact) mass is 281 g/mol. The lowest BCUT2D eigenvalue weighted by molar-refractivity contribution is -0.145. The Bertz CT molecular complexity index is 503. The maximum Gasteiger partial charge on any atom is 0.308 e. The van der Waals surface area contributed by atoms with Crippen molar-refractivity contribution in [1.82, 2.24) is 4.90 Å². The first-order valence-corrected chi connectivity index (χ1v) is 6.63. The Kier molecular flexibility index (Phi) is 4.10. The van der Waals surface area contributed by atoms with E-state index in [1.54, 1.807) is 25.2 Å². The van der Waals surface area contributed by atoms with E-state index in [1.165, 1.54) is 4.90 Å². The summed E-state index contributed by atoms with van der Waals surface area (Å²) in [6, 6.07) is 6.61. The summed E-state index contributed by atoms with van der Waals surface area (Å²) < 4.78 is 0. The van der Waals surface area contributed by atoms with E-state index in [9.17, 15) is 14.7 Å². The maximum atomic E-state index is 12.0. The quantitative estimate of drug-likeness (QED) is 0.907. The van der Waals surface area contributed by atoms with Crippen LogP contribution in [-0.2, 0) is 9.59 Å². The van der Waals surface area contributed by atoms with Gasteiger partial charge in [0.25, 0.3) is 0 Å². The van der Waals surface area contributed by atoms with Crippen LogP contribution in [0.15, 0.2) is 24.3 Å². The molecule has 1 heterocycles. The van der Waals surface area contributed by atoms with Gasteiger partial charge in [-0.15, -0.1) is 0 Å². The number of aliphatic carboxylic acids is 1. The molecule has 1 aromatic rings. The molecule has 0 saturated carbocycles. The fraction of sp³-hybridized carbons (Fsp3) is 0.429. The van der Waals surface area contributed by atoms with Gasteiger partial charge in [0.2, 0.25) is 5.91 Å². The van der Waals surface area contributed by atoms with Gasteiger partial charge in [0.15, 0.2) is 0 Å². The molecular formula is C14H16ClNO3. The lowest BCUT2D eigenvalue weighted by atomic mass is 9.89. The summed E-state index contributed by atoms with van der Waals surface area (Å²) in [5, 5.41) is 9.91. The molecule has 1 aromatic carbocycles. The first-order chi connectivity index (χ1) is 9.02. The summed E-state index contributed by atoms with van der Waals surface area (Å²) >= 11 is 6.16. The van der Waals surface area contributed by atoms with Crippen LogP contribution >= 0.6 is 11.6 Å². The fourth-order valence-electron chi connectivity index (χ4n) is 2.63. The molecule has 2 atom stereocenters. The van der Waals surface area contributed by atoms with Gasteiger partial charge in [-0.25, -0.2) is 0 Å². The van der Waals surface area contributed by atoms with Gasteiger partial charge in [0.1, 0.15) is 0 Å². The van der Waals surface area contributed by atoms with Crippen LogP contribution in [0.1, 0.15) is 30.9 Å². The molecule has 0 aromatic heterocycles. The van der Waals surface area contributed by atoms with Gasteiger partial charge in [-0.2, -0.15) is 0 Å². The van der Waals surface area contributed by atoms with E-state index in [1.807, 2.05) is 6.07 Å². The Hall–Kier alpha value is -1.55. The number of rotatable bonds is 2. The number of carbonyl (C=O) groups is 2. The average molecular weight is 282 g/mol. The lowest BCUT2D eigenvalue weighted by Crippen LogP contribution is -2.36. The number of benzene rings is 1. The number of nitrogens with zero attached hydrogens (tertiary/aromatic N) is 1. The van der Waals surface area contributed by atoms with Crippen molar-refractivity contribution < 1.29 is 14.7 Å². The predicted molar refractivity (Wildman–Crippen MR) is 71.9 cm³/mol. The molecule has 0 spiro atoms. The van der Waals surface area contributed by atoms with Crippen molar-refractivity contribution in [2.45, 2.75) is 25.3 Å². The van der Waals surface area contributed by atoms with Gasteiger partial charge in [-0.05, 0) is 24.5 Å². The fourth-order valence-corrected chi connectivity index (χ4v) is 2.88. The zero-order valence-corrected chi connectivity index (χ0v) is 11.4. The van der Waals surface area contributed by atoms with Gasteiger partial charge >= 0.3 is 5.97 Å². The molecule has 5 heteroatoms. The molecule has 2 unspecified atom stereocenters. The van der Waals surface area contributed by atoms with Crippen LogP contribution in [0.4, 0.5) is 0 Å². The Morgan fingerprint density at radius 3 is 2.74 bits per heavy atom. The zero-order chi connectivity index (χ0) is 14.0. The van der Waals surface area contributed by atoms with Crippen LogP contribution in [0.3, 0.4) is 0 Å². The molecule has 1 N–H and O–H groups in total. The van der Waals surface area contributed by atoms with Gasteiger partial charge in [0, 0.05) is 18.5 Å². The van der Waals surface area contributed by atoms with Crippen LogP contribution < -0.4 is 0 Å². The summed E-state index contributed by atoms with van der Waals surface area (Å²) in [5.74, 6) is -1.53. The van der Waals surface area contributed by atoms with E-state index in [2.05, 4.69) is 0 Å². The lowest BCUT2D eigenvalue weighted by Gasteiger charge is -2.31. The number of halogens is 1. The van der Waals surface area contributed by atoms with Gasteiger partial charge in [-0.3, -0.25) is 9.59 Å². The summed E-state index contributed by atoms with van der Waals surface area (Å²) in [7, 11) is 1.65. The SMILES string of the molecule is CN1C(=O)CCCC(C(=O)O)C1c1ccccc1Cl. The molecule has 2 rings (SSSR count). The second kappa shape index (κ2) is 5.61. The van der Waals surface area contributed by atoms with Crippen molar-refractivity contribution in [1.29, 1.82) is 0 Å². The van der Waals surface area contributed by atoms with Crippen molar-refractivity contribution in [3.63, 3.8) is 0 Å². The third-order valence-electron chi connectivity index (χ3n) is 3.64. The Morgan fingerprint density at radius 2 is 2.11 bits per heavy atom. The third kappa shape index (κ3) is 2.73. The van der Waals surface area contributed by atoms with Crippen LogP contribution in [0.25, 0.3) is 0 Å². The molecule has 0 radical (unpaired) electrons. The number of hydrogen-bond donors (Lipinski definition) is 1. The zero-order valence-electron chi connectivity index (χ0n) is 10.7. The van der Waals surface area contributed by atoms with Crippen LogP contribution in [-0.4, -0.2) is 28.9 Å². The minimum absolute atomic E-state index is 0.0336. The number of carboxylic acid groups (broad SMARTS) is 1. The summed E-state index contributed by atoms with van der Waals surface area (Å²) in [5.41, 5.74) is 0.703. The highest BCUT2D eigenvalue weighted by molar-refractivity contribution is 6.31. The van der Waals surface area contributed by atoms with E-state index in [4.69, 9.17) is 11.6 Å². The smallest absolute Gasteiger partial charge is 0.308 e. The maximum absolute atomic E-state index is 12.0. The molecular weight excluding hydrogens is 266 g/mol. The van der Waals surface area contributed by atoms with Crippen LogP contribution in [0.5, 0.6) is 0 Å². The highest BCUT2D eigenvalue weighted by atomic mass is 35.5. The molecule has 102 valence electrons. The van der Waals surface area contributed by atoms with Crippen LogP contribution in [0, 0.1) is 5.92 Å². The minimum Gasteiger partial charge on any atom is -0.481 e. The normalized spacial score (nSPS) is 24.1. The van der Waals surface area contributed by atoms with Gasteiger partial charge in [-0.1, -0.05) is 29.8 Å². The van der Waals surface area contributed by atoms with Gasteiger partial charge < -0.3 is 10.0 Å². The molecule has 1 aliphatic heterocycles. The second-order valence-electron chi connectivity index (χ2n) is 4.81. The molecule has 0 bridgehead atoms. The molecule has 1 aliphatic rings. The average Bonchev–Trinajstić information content (AvgIpc) is 2.51. The van der Waals surface area contributed by atoms with Crippen molar-refractivity contribution in [2.24, 2.45) is 5.92 Å². The third-order valence-corrected chi connectivity index (χ3v) is 3.98. The summed E-state index contributed by atoms with van der Waals surface area (Å²) in [4.78, 5) is 25.0. The number of carbonyl (C=O) groups excluding carboxylic acids is 1. The highest BCUT2D eigenvalue weighted by Gasteiger charge is 2.37. The van der Waals surface area contributed by atoms with E-state index in [0.717, 1.165) is 0 Å². The van der Waals surface area contributed by atoms with Crippen molar-refractivity contribution in [3.05, 3.63) is 34.9 Å². The molecule has 1 saturated heterocycles. The van der Waals surface area contributed by atoms with Crippen LogP contribution in [0.2, 0.25) is 5.02 Å². The van der Waals surface area contributed by atoms with E-state index in [-0.39, 0.29) is 5.91 Å². The number of likely N-dealkylation sites (tertiary alicyclic amines) is 1. The van der Waals surface area contributed by atoms with Gasteiger partial charge in [0.05, 0.1) is 12.0 Å². The van der Waals surface area contributed by atoms with E-state index >= 15 is 0 Å². The summed E-state index contributed by atoms with van der Waals surface area (Å²) in [6.45, 7) is 0. The van der Waals surface area contributed by atoms with E-state index in [0.29, 0.717) is 29.8 Å². The Balaban J connectivity index is 2.48. The first-order valence-electron chi connectivity index (χ1n) is 6.25. The van der Waals surface area contributed by atoms with Crippen molar-refractivity contribution in [3.8, 4) is 0 Å². The number of hydrogen-bond acceptors (Lipinski definition) is 2. The molecule has 0 aliphatic carbocycles. The molecule has 1 fully saturated rings. The highest BCUT2D eigenvalue weighted by Crippen LogP contribution is 2.37. The standard InChI is InChI=1S/C14H16ClNO3/c1-16-12(17)8-4-6-10(14(18)19)13(16)9-5-2-3-7-11(9)15/h2-3,5,7,10,13H,4,6,8H2,1H3,(H,18,19). The molecule has 19 heavy (non-hydrogen) atoms. The largest absolute Gasteiger partial charge is 0.481 e. The van der Waals surface area contributed by atoms with Crippen molar-refractivity contribution in [2.75, 3.05) is 7.05 Å².